The molecule has 1 saturated carbocycles. The fourth-order valence-corrected chi connectivity index (χ4v) is 3.51. The predicted molar refractivity (Wildman–Crippen MR) is 71.1 cm³/mol. The van der Waals surface area contributed by atoms with Gasteiger partial charge in [0.2, 0.25) is 0 Å². The lowest BCUT2D eigenvalue weighted by Gasteiger charge is -2.47. The molecular weight excluding hydrogens is 218 g/mol. The smallest absolute Gasteiger partial charge is 0.0700 e. The van der Waals surface area contributed by atoms with Crippen molar-refractivity contribution in [3.63, 3.8) is 0 Å². The van der Waals surface area contributed by atoms with Crippen LogP contribution in [0.3, 0.4) is 0 Å². The molecule has 0 aromatic heterocycles. The van der Waals surface area contributed by atoms with Crippen LogP contribution in [-0.4, -0.2) is 41.0 Å². The summed E-state index contributed by atoms with van der Waals surface area (Å²) in [5, 5.41) is 10.5. The van der Waals surface area contributed by atoms with E-state index in [1.807, 2.05) is 0 Å². The van der Waals surface area contributed by atoms with Crippen molar-refractivity contribution in [3.05, 3.63) is 0 Å². The van der Waals surface area contributed by atoms with E-state index in [-0.39, 0.29) is 5.60 Å². The second-order valence-electron chi connectivity index (χ2n) is 5.53. The molecule has 2 unspecified atom stereocenters. The highest BCUT2D eigenvalue weighted by atomic mass is 32.1. The number of unbranched alkanes of at least 4 members (excludes halogenated alkanes) is 1. The minimum absolute atomic E-state index is 0.307. The van der Waals surface area contributed by atoms with Gasteiger partial charge >= 0.3 is 0 Å². The first-order valence-corrected chi connectivity index (χ1v) is 7.43. The Bertz CT molecular complexity index is 224. The molecule has 3 heteroatoms. The van der Waals surface area contributed by atoms with Gasteiger partial charge in [0.15, 0.2) is 0 Å². The van der Waals surface area contributed by atoms with E-state index in [9.17, 15) is 5.11 Å². The number of hydrogen-bond acceptors (Lipinski definition) is 3. The van der Waals surface area contributed by atoms with Crippen LogP contribution in [0, 0.1) is 5.92 Å². The molecule has 0 spiro atoms. The molecule has 2 atom stereocenters. The molecule has 1 aliphatic heterocycles. The van der Waals surface area contributed by atoms with Crippen LogP contribution < -0.4 is 0 Å². The van der Waals surface area contributed by atoms with E-state index in [2.05, 4.69) is 17.5 Å². The van der Waals surface area contributed by atoms with E-state index in [0.29, 0.717) is 5.92 Å². The molecule has 16 heavy (non-hydrogen) atoms. The second kappa shape index (κ2) is 5.74. The van der Waals surface area contributed by atoms with Crippen LogP contribution in [0.5, 0.6) is 0 Å². The van der Waals surface area contributed by atoms with Crippen molar-refractivity contribution < 1.29 is 5.11 Å². The largest absolute Gasteiger partial charge is 0.390 e. The molecular formula is C13H25NOS. The van der Waals surface area contributed by atoms with Crippen molar-refractivity contribution in [2.75, 3.05) is 25.4 Å². The fraction of sp³-hybridized carbons (Fsp3) is 1.00. The molecule has 2 aliphatic rings. The Labute approximate surface area is 105 Å². The molecule has 0 aromatic carbocycles. The van der Waals surface area contributed by atoms with Gasteiger partial charge in [-0.1, -0.05) is 12.8 Å². The summed E-state index contributed by atoms with van der Waals surface area (Å²) in [5.41, 5.74) is -0.307. The van der Waals surface area contributed by atoms with E-state index < -0.39 is 0 Å². The van der Waals surface area contributed by atoms with E-state index in [1.165, 1.54) is 38.6 Å². The number of piperidine rings is 1. The summed E-state index contributed by atoms with van der Waals surface area (Å²) < 4.78 is 0. The zero-order valence-electron chi connectivity index (χ0n) is 10.2. The van der Waals surface area contributed by atoms with Crippen molar-refractivity contribution in [3.8, 4) is 0 Å². The summed E-state index contributed by atoms with van der Waals surface area (Å²) >= 11 is 4.25. The highest BCUT2D eigenvalue weighted by Crippen LogP contribution is 2.39. The number of nitrogens with zero attached hydrogens (tertiary/aromatic N) is 1. The molecule has 0 bridgehead atoms. The number of rotatable bonds is 4. The van der Waals surface area contributed by atoms with Gasteiger partial charge in [-0.3, -0.25) is 0 Å². The third-order valence-corrected chi connectivity index (χ3v) is 4.71. The van der Waals surface area contributed by atoms with Gasteiger partial charge in [0.25, 0.3) is 0 Å². The van der Waals surface area contributed by atoms with Gasteiger partial charge in [0.1, 0.15) is 0 Å². The molecule has 1 N–H and O–H groups in total. The Morgan fingerprint density at radius 2 is 2.12 bits per heavy atom. The van der Waals surface area contributed by atoms with Gasteiger partial charge < -0.3 is 10.0 Å². The monoisotopic (exact) mass is 243 g/mol. The van der Waals surface area contributed by atoms with Crippen LogP contribution >= 0.6 is 12.6 Å². The molecule has 2 fully saturated rings. The average Bonchev–Trinajstić information content (AvgIpc) is 2.29. The normalized spacial score (nSPS) is 36.0. The SMILES string of the molecule is OC12CCCCC1CN(CCCCS)CC2. The lowest BCUT2D eigenvalue weighted by atomic mass is 9.71. The number of likely N-dealkylation sites (tertiary alicyclic amines) is 1. The Balaban J connectivity index is 1.80. The fourth-order valence-electron chi connectivity index (χ4n) is 3.29. The first kappa shape index (κ1) is 12.7. The van der Waals surface area contributed by atoms with Crippen LogP contribution in [0.25, 0.3) is 0 Å². The van der Waals surface area contributed by atoms with Gasteiger partial charge in [-0.05, 0) is 44.4 Å². The molecule has 1 saturated heterocycles. The van der Waals surface area contributed by atoms with Crippen molar-refractivity contribution in [2.24, 2.45) is 5.92 Å². The van der Waals surface area contributed by atoms with Crippen molar-refractivity contribution in [1.29, 1.82) is 0 Å². The number of hydrogen-bond donors (Lipinski definition) is 2. The van der Waals surface area contributed by atoms with Crippen molar-refractivity contribution in [2.45, 2.75) is 50.5 Å². The third-order valence-electron chi connectivity index (χ3n) is 4.39. The molecule has 1 aliphatic carbocycles. The molecule has 0 amide bonds. The van der Waals surface area contributed by atoms with E-state index in [4.69, 9.17) is 0 Å². The number of fused-ring (bicyclic) bond motifs is 1. The average molecular weight is 243 g/mol. The molecule has 2 rings (SSSR count). The number of aliphatic hydroxyl groups is 1. The maximum absolute atomic E-state index is 10.5. The zero-order valence-corrected chi connectivity index (χ0v) is 11.1. The summed E-state index contributed by atoms with van der Waals surface area (Å²) in [5.74, 6) is 1.55. The zero-order chi connectivity index (χ0) is 11.4. The summed E-state index contributed by atoms with van der Waals surface area (Å²) in [6.07, 6.45) is 8.30. The molecule has 2 nitrogen and oxygen atoms in total. The molecule has 0 aromatic rings. The molecule has 0 radical (unpaired) electrons. The lowest BCUT2D eigenvalue weighted by Crippen LogP contribution is -2.53. The van der Waals surface area contributed by atoms with Crippen LogP contribution in [0.4, 0.5) is 0 Å². The summed E-state index contributed by atoms with van der Waals surface area (Å²) in [6.45, 7) is 3.43. The Morgan fingerprint density at radius 3 is 2.94 bits per heavy atom. The maximum Gasteiger partial charge on any atom is 0.0700 e. The summed E-state index contributed by atoms with van der Waals surface area (Å²) in [4.78, 5) is 2.55. The maximum atomic E-state index is 10.5. The Morgan fingerprint density at radius 1 is 1.25 bits per heavy atom. The predicted octanol–water partition coefficient (Wildman–Crippen LogP) is 2.32. The van der Waals surface area contributed by atoms with Gasteiger partial charge in [0, 0.05) is 19.0 Å². The van der Waals surface area contributed by atoms with E-state index in [1.54, 1.807) is 0 Å². The highest BCUT2D eigenvalue weighted by molar-refractivity contribution is 7.80. The Hall–Kier alpha value is 0.270. The van der Waals surface area contributed by atoms with Gasteiger partial charge in [0.05, 0.1) is 5.60 Å². The third kappa shape index (κ3) is 2.93. The second-order valence-corrected chi connectivity index (χ2v) is 5.97. The highest BCUT2D eigenvalue weighted by Gasteiger charge is 2.42. The minimum Gasteiger partial charge on any atom is -0.390 e. The standard InChI is InChI=1S/C13H25NOS/c15-13-6-2-1-5-12(13)11-14(9-7-13)8-3-4-10-16/h12,15-16H,1-11H2. The van der Waals surface area contributed by atoms with E-state index >= 15 is 0 Å². The van der Waals surface area contributed by atoms with Crippen LogP contribution in [0.15, 0.2) is 0 Å². The summed E-state index contributed by atoms with van der Waals surface area (Å²) in [6, 6.07) is 0. The molecule has 1 heterocycles. The molecule has 94 valence electrons. The number of thiol groups is 1. The topological polar surface area (TPSA) is 23.5 Å². The first-order chi connectivity index (χ1) is 7.74. The van der Waals surface area contributed by atoms with Crippen molar-refractivity contribution >= 4 is 12.6 Å². The van der Waals surface area contributed by atoms with Crippen LogP contribution in [0.2, 0.25) is 0 Å². The minimum atomic E-state index is -0.307. The first-order valence-electron chi connectivity index (χ1n) is 6.80. The van der Waals surface area contributed by atoms with E-state index in [0.717, 1.165) is 31.7 Å². The van der Waals surface area contributed by atoms with Crippen LogP contribution in [-0.2, 0) is 0 Å². The van der Waals surface area contributed by atoms with Crippen molar-refractivity contribution in [1.82, 2.24) is 4.90 Å². The van der Waals surface area contributed by atoms with Gasteiger partial charge in [-0.25, -0.2) is 0 Å². The quantitative estimate of drug-likeness (QED) is 0.585. The summed E-state index contributed by atoms with van der Waals surface area (Å²) in [7, 11) is 0. The Kier molecular flexibility index (Phi) is 4.57. The lowest BCUT2D eigenvalue weighted by molar-refractivity contribution is -0.0953. The van der Waals surface area contributed by atoms with Crippen LogP contribution in [0.1, 0.15) is 44.9 Å². The van der Waals surface area contributed by atoms with Gasteiger partial charge in [-0.15, -0.1) is 0 Å². The van der Waals surface area contributed by atoms with Gasteiger partial charge in [-0.2, -0.15) is 12.6 Å².